The second-order valence-corrected chi connectivity index (χ2v) is 4.40. The molecule has 0 saturated heterocycles. The number of carbonyl (C=O) groups excluding carboxylic acids is 1. The van der Waals surface area contributed by atoms with Gasteiger partial charge in [-0.3, -0.25) is 14.7 Å². The average Bonchev–Trinajstić information content (AvgIpc) is 2.68. The molecule has 2 aromatic rings. The second-order valence-electron chi connectivity index (χ2n) is 4.40. The van der Waals surface area contributed by atoms with E-state index in [-0.39, 0.29) is 18.6 Å². The first-order valence-corrected chi connectivity index (χ1v) is 5.32. The van der Waals surface area contributed by atoms with E-state index in [1.807, 2.05) is 24.3 Å². The van der Waals surface area contributed by atoms with Crippen LogP contribution in [-0.4, -0.2) is 27.1 Å². The summed E-state index contributed by atoms with van der Waals surface area (Å²) < 4.78 is 0. The standard InChI is InChI=1S/C12H10N2O3/c15-7-5-12(6-7,11(16)17)10-8-3-1-2-4-9(8)13-14-10/h1-4H,5-6H2,(H,13,14)(H,16,17). The number of nitrogens with zero attached hydrogens (tertiary/aromatic N) is 1. The number of nitrogens with one attached hydrogen (secondary N) is 1. The van der Waals surface area contributed by atoms with Crippen molar-refractivity contribution in [2.45, 2.75) is 18.3 Å². The number of carboxylic acid groups (broad SMARTS) is 1. The molecule has 0 spiro atoms. The van der Waals surface area contributed by atoms with Gasteiger partial charge in [-0.2, -0.15) is 5.10 Å². The molecule has 1 heterocycles. The minimum atomic E-state index is -1.10. The molecule has 0 unspecified atom stereocenters. The van der Waals surface area contributed by atoms with Crippen LogP contribution in [0.25, 0.3) is 10.9 Å². The van der Waals surface area contributed by atoms with Crippen LogP contribution in [0.5, 0.6) is 0 Å². The van der Waals surface area contributed by atoms with Gasteiger partial charge >= 0.3 is 5.97 Å². The number of fused-ring (bicyclic) bond motifs is 1. The van der Waals surface area contributed by atoms with Gasteiger partial charge in [0.2, 0.25) is 0 Å². The number of benzene rings is 1. The molecule has 1 aliphatic carbocycles. The Labute approximate surface area is 96.4 Å². The Kier molecular flexibility index (Phi) is 1.86. The number of hydrogen-bond donors (Lipinski definition) is 2. The predicted molar refractivity (Wildman–Crippen MR) is 59.6 cm³/mol. The van der Waals surface area contributed by atoms with Gasteiger partial charge in [0, 0.05) is 18.2 Å². The monoisotopic (exact) mass is 230 g/mol. The van der Waals surface area contributed by atoms with Gasteiger partial charge in [0.25, 0.3) is 0 Å². The normalized spacial score (nSPS) is 18.0. The van der Waals surface area contributed by atoms with E-state index in [2.05, 4.69) is 10.2 Å². The number of carbonyl (C=O) groups is 2. The van der Waals surface area contributed by atoms with Crippen molar-refractivity contribution in [1.82, 2.24) is 10.2 Å². The van der Waals surface area contributed by atoms with Crippen LogP contribution in [0.1, 0.15) is 18.5 Å². The van der Waals surface area contributed by atoms with Crippen molar-refractivity contribution in [3.05, 3.63) is 30.0 Å². The summed E-state index contributed by atoms with van der Waals surface area (Å²) in [6.07, 6.45) is 0.100. The predicted octanol–water partition coefficient (Wildman–Crippen LogP) is 1.25. The number of ketones is 1. The van der Waals surface area contributed by atoms with Gasteiger partial charge < -0.3 is 5.11 Å². The number of aromatic amines is 1. The largest absolute Gasteiger partial charge is 0.481 e. The van der Waals surface area contributed by atoms with Crippen LogP contribution < -0.4 is 0 Å². The van der Waals surface area contributed by atoms with Crippen LogP contribution in [0.3, 0.4) is 0 Å². The van der Waals surface area contributed by atoms with E-state index < -0.39 is 11.4 Å². The van der Waals surface area contributed by atoms with E-state index in [0.29, 0.717) is 5.69 Å². The number of hydrogen-bond acceptors (Lipinski definition) is 3. The maximum absolute atomic E-state index is 11.4. The molecule has 1 aromatic carbocycles. The number of aromatic nitrogens is 2. The fraction of sp³-hybridized carbons (Fsp3) is 0.250. The Morgan fingerprint density at radius 1 is 1.35 bits per heavy atom. The maximum Gasteiger partial charge on any atom is 0.316 e. The van der Waals surface area contributed by atoms with Gasteiger partial charge in [-0.15, -0.1) is 0 Å². The Morgan fingerprint density at radius 3 is 2.71 bits per heavy atom. The quantitative estimate of drug-likeness (QED) is 0.813. The fourth-order valence-corrected chi connectivity index (χ4v) is 2.38. The summed E-state index contributed by atoms with van der Waals surface area (Å²) in [6, 6.07) is 7.30. The van der Waals surface area contributed by atoms with Crippen LogP contribution in [-0.2, 0) is 15.0 Å². The Bertz CT molecular complexity index is 621. The van der Waals surface area contributed by atoms with Gasteiger partial charge in [-0.1, -0.05) is 18.2 Å². The lowest BCUT2D eigenvalue weighted by atomic mass is 9.65. The molecule has 1 aromatic heterocycles. The minimum absolute atomic E-state index is 0.0221. The highest BCUT2D eigenvalue weighted by atomic mass is 16.4. The van der Waals surface area contributed by atoms with Gasteiger partial charge in [-0.05, 0) is 6.07 Å². The number of H-pyrrole nitrogens is 1. The summed E-state index contributed by atoms with van der Waals surface area (Å²) in [4.78, 5) is 22.5. The fourth-order valence-electron chi connectivity index (χ4n) is 2.38. The molecule has 0 radical (unpaired) electrons. The van der Waals surface area contributed by atoms with Crippen molar-refractivity contribution < 1.29 is 14.7 Å². The number of Topliss-reactive ketones (excluding diaryl/α,β-unsaturated/α-hetero) is 1. The summed E-state index contributed by atoms with van der Waals surface area (Å²) in [6.45, 7) is 0. The number of carboxylic acids is 1. The van der Waals surface area contributed by atoms with Crippen LogP contribution in [0.2, 0.25) is 0 Å². The summed E-state index contributed by atoms with van der Waals surface area (Å²) in [7, 11) is 0. The first kappa shape index (κ1) is 10.0. The van der Waals surface area contributed by atoms with E-state index in [0.717, 1.165) is 10.9 Å². The smallest absolute Gasteiger partial charge is 0.316 e. The number of aliphatic carboxylic acids is 1. The van der Waals surface area contributed by atoms with Crippen LogP contribution in [0.15, 0.2) is 24.3 Å². The molecule has 0 amide bonds. The Balaban J connectivity index is 2.20. The highest BCUT2D eigenvalue weighted by molar-refractivity contribution is 6.03. The van der Waals surface area contributed by atoms with E-state index >= 15 is 0 Å². The molecule has 17 heavy (non-hydrogen) atoms. The molecule has 5 heteroatoms. The third-order valence-corrected chi connectivity index (χ3v) is 3.35. The van der Waals surface area contributed by atoms with E-state index in [1.165, 1.54) is 0 Å². The van der Waals surface area contributed by atoms with Crippen molar-refractivity contribution in [3.63, 3.8) is 0 Å². The molecule has 2 N–H and O–H groups in total. The van der Waals surface area contributed by atoms with E-state index in [4.69, 9.17) is 0 Å². The number of rotatable bonds is 2. The van der Waals surface area contributed by atoms with Crippen molar-refractivity contribution in [3.8, 4) is 0 Å². The molecule has 1 aliphatic rings. The van der Waals surface area contributed by atoms with Gasteiger partial charge in [0.1, 0.15) is 11.2 Å². The lowest BCUT2D eigenvalue weighted by molar-refractivity contribution is -0.153. The molecule has 0 bridgehead atoms. The summed E-state index contributed by atoms with van der Waals surface area (Å²) in [5.41, 5.74) is 0.162. The first-order chi connectivity index (χ1) is 8.13. The highest BCUT2D eigenvalue weighted by Crippen LogP contribution is 2.43. The van der Waals surface area contributed by atoms with Gasteiger partial charge in [0.05, 0.1) is 11.2 Å². The van der Waals surface area contributed by atoms with Gasteiger partial charge in [0.15, 0.2) is 0 Å². The first-order valence-electron chi connectivity index (χ1n) is 5.32. The third-order valence-electron chi connectivity index (χ3n) is 3.35. The van der Waals surface area contributed by atoms with E-state index in [1.54, 1.807) is 0 Å². The lowest BCUT2D eigenvalue weighted by Crippen LogP contribution is -2.48. The van der Waals surface area contributed by atoms with Crippen LogP contribution in [0, 0.1) is 0 Å². The maximum atomic E-state index is 11.4. The minimum Gasteiger partial charge on any atom is -0.481 e. The van der Waals surface area contributed by atoms with Crippen molar-refractivity contribution >= 4 is 22.7 Å². The lowest BCUT2D eigenvalue weighted by Gasteiger charge is -2.35. The highest BCUT2D eigenvalue weighted by Gasteiger charge is 2.53. The summed E-state index contributed by atoms with van der Waals surface area (Å²) in [5, 5.41) is 17.0. The molecule has 1 saturated carbocycles. The molecular weight excluding hydrogens is 220 g/mol. The molecule has 0 atom stereocenters. The Morgan fingerprint density at radius 2 is 2.06 bits per heavy atom. The third kappa shape index (κ3) is 1.22. The molecule has 86 valence electrons. The zero-order valence-corrected chi connectivity index (χ0v) is 8.93. The van der Waals surface area contributed by atoms with Crippen LogP contribution in [0.4, 0.5) is 0 Å². The topological polar surface area (TPSA) is 83.0 Å². The van der Waals surface area contributed by atoms with Gasteiger partial charge in [-0.25, -0.2) is 0 Å². The average molecular weight is 230 g/mol. The van der Waals surface area contributed by atoms with Crippen molar-refractivity contribution in [2.24, 2.45) is 0 Å². The van der Waals surface area contributed by atoms with E-state index in [9.17, 15) is 14.7 Å². The van der Waals surface area contributed by atoms with Crippen molar-refractivity contribution in [1.29, 1.82) is 0 Å². The molecular formula is C12H10N2O3. The molecule has 0 aliphatic heterocycles. The summed E-state index contributed by atoms with van der Waals surface area (Å²) >= 11 is 0. The van der Waals surface area contributed by atoms with Crippen LogP contribution >= 0.6 is 0 Å². The second kappa shape index (κ2) is 3.16. The molecule has 1 fully saturated rings. The summed E-state index contributed by atoms with van der Waals surface area (Å²) in [5.74, 6) is -0.988. The molecule has 5 nitrogen and oxygen atoms in total. The zero-order chi connectivity index (χ0) is 12.0. The Hall–Kier alpha value is -2.17. The zero-order valence-electron chi connectivity index (χ0n) is 8.93. The number of para-hydroxylation sites is 1. The van der Waals surface area contributed by atoms with Crippen molar-refractivity contribution in [2.75, 3.05) is 0 Å². The molecule has 3 rings (SSSR count). The SMILES string of the molecule is O=C1CC(C(=O)O)(c2[nH]nc3ccccc23)C1.